The quantitative estimate of drug-likeness (QED) is 0.727. The third-order valence-corrected chi connectivity index (χ3v) is 3.78. The molecule has 0 spiro atoms. The summed E-state index contributed by atoms with van der Waals surface area (Å²) in [4.78, 5) is 0. The van der Waals surface area contributed by atoms with Gasteiger partial charge in [-0.1, -0.05) is 22.9 Å². The zero-order valence-electron chi connectivity index (χ0n) is 11.4. The van der Waals surface area contributed by atoms with Crippen LogP contribution in [0.5, 0.6) is 5.75 Å². The largest absolute Gasteiger partial charge is 0.493 e. The third-order valence-electron chi connectivity index (χ3n) is 2.62. The molecule has 0 heterocycles. The molecule has 1 rings (SSSR count). The van der Waals surface area contributed by atoms with Gasteiger partial charge in [0.15, 0.2) is 0 Å². The van der Waals surface area contributed by atoms with Gasteiger partial charge in [0.05, 0.1) is 6.61 Å². The normalized spacial score (nSPS) is 10.7. The Morgan fingerprint density at radius 1 is 1.39 bits per heavy atom. The Bertz CT molecular complexity index is 371. The standard InChI is InChI=1S/C14H22BrNOS/c1-4-16-10-12-9-13(15)8-11(2)14(12)17-6-5-7-18-3/h8-9,16H,4-7,10H2,1-3H3. The SMILES string of the molecule is CCNCc1cc(Br)cc(C)c1OCCCSC. The average molecular weight is 332 g/mol. The second kappa shape index (κ2) is 8.83. The summed E-state index contributed by atoms with van der Waals surface area (Å²) >= 11 is 5.41. The van der Waals surface area contributed by atoms with E-state index in [4.69, 9.17) is 4.74 Å². The van der Waals surface area contributed by atoms with Gasteiger partial charge in [0.2, 0.25) is 0 Å². The molecule has 1 N–H and O–H groups in total. The number of benzene rings is 1. The number of halogens is 1. The van der Waals surface area contributed by atoms with E-state index in [0.717, 1.165) is 42.1 Å². The first-order valence-corrected chi connectivity index (χ1v) is 8.49. The Hall–Kier alpha value is -0.190. The first-order valence-electron chi connectivity index (χ1n) is 6.30. The third kappa shape index (κ3) is 5.21. The number of thioether (sulfide) groups is 1. The highest BCUT2D eigenvalue weighted by atomic mass is 79.9. The Balaban J connectivity index is 2.72. The molecule has 0 amide bonds. The fourth-order valence-electron chi connectivity index (χ4n) is 1.77. The van der Waals surface area contributed by atoms with Crippen molar-refractivity contribution in [3.8, 4) is 5.75 Å². The van der Waals surface area contributed by atoms with Crippen LogP contribution in [0.1, 0.15) is 24.5 Å². The van der Waals surface area contributed by atoms with Crippen molar-refractivity contribution in [3.63, 3.8) is 0 Å². The smallest absolute Gasteiger partial charge is 0.126 e. The van der Waals surface area contributed by atoms with Crippen molar-refractivity contribution >= 4 is 27.7 Å². The minimum Gasteiger partial charge on any atom is -0.493 e. The maximum Gasteiger partial charge on any atom is 0.126 e. The van der Waals surface area contributed by atoms with E-state index >= 15 is 0 Å². The van der Waals surface area contributed by atoms with Gasteiger partial charge in [0.25, 0.3) is 0 Å². The lowest BCUT2D eigenvalue weighted by Crippen LogP contribution is -2.14. The number of aryl methyl sites for hydroxylation is 1. The molecule has 0 unspecified atom stereocenters. The van der Waals surface area contributed by atoms with Crippen molar-refractivity contribution in [1.82, 2.24) is 5.32 Å². The van der Waals surface area contributed by atoms with E-state index in [-0.39, 0.29) is 0 Å². The molecule has 0 bridgehead atoms. The van der Waals surface area contributed by atoms with Crippen LogP contribution in [0.25, 0.3) is 0 Å². The molecule has 0 atom stereocenters. The van der Waals surface area contributed by atoms with Crippen LogP contribution >= 0.6 is 27.7 Å². The summed E-state index contributed by atoms with van der Waals surface area (Å²) in [5.74, 6) is 2.19. The van der Waals surface area contributed by atoms with Crippen molar-refractivity contribution in [2.75, 3.05) is 25.2 Å². The molecule has 0 radical (unpaired) electrons. The van der Waals surface area contributed by atoms with E-state index in [2.05, 4.69) is 53.5 Å². The van der Waals surface area contributed by atoms with Crippen molar-refractivity contribution in [2.24, 2.45) is 0 Å². The molecule has 18 heavy (non-hydrogen) atoms. The second-order valence-electron chi connectivity index (χ2n) is 4.19. The molecule has 0 aromatic heterocycles. The lowest BCUT2D eigenvalue weighted by molar-refractivity contribution is 0.312. The van der Waals surface area contributed by atoms with Gasteiger partial charge in [-0.2, -0.15) is 11.8 Å². The van der Waals surface area contributed by atoms with E-state index in [1.54, 1.807) is 0 Å². The fraction of sp³-hybridized carbons (Fsp3) is 0.571. The van der Waals surface area contributed by atoms with Gasteiger partial charge in [-0.25, -0.2) is 0 Å². The monoisotopic (exact) mass is 331 g/mol. The van der Waals surface area contributed by atoms with E-state index < -0.39 is 0 Å². The second-order valence-corrected chi connectivity index (χ2v) is 6.09. The highest BCUT2D eigenvalue weighted by molar-refractivity contribution is 9.10. The molecule has 0 aliphatic carbocycles. The maximum atomic E-state index is 5.95. The number of nitrogens with one attached hydrogen (secondary N) is 1. The molecule has 0 aliphatic rings. The average Bonchev–Trinajstić information content (AvgIpc) is 2.34. The number of hydrogen-bond acceptors (Lipinski definition) is 3. The molecule has 1 aromatic rings. The molecular formula is C14H22BrNOS. The maximum absolute atomic E-state index is 5.95. The number of rotatable bonds is 8. The van der Waals surface area contributed by atoms with Crippen molar-refractivity contribution in [1.29, 1.82) is 0 Å². The number of ether oxygens (including phenoxy) is 1. The summed E-state index contributed by atoms with van der Waals surface area (Å²) in [5.41, 5.74) is 2.43. The molecular weight excluding hydrogens is 310 g/mol. The van der Waals surface area contributed by atoms with Gasteiger partial charge in [0.1, 0.15) is 5.75 Å². The van der Waals surface area contributed by atoms with Crippen LogP contribution in [0.2, 0.25) is 0 Å². The summed E-state index contributed by atoms with van der Waals surface area (Å²) in [6, 6.07) is 4.25. The van der Waals surface area contributed by atoms with Crippen LogP contribution in [-0.4, -0.2) is 25.2 Å². The van der Waals surface area contributed by atoms with E-state index in [1.165, 1.54) is 11.1 Å². The molecule has 4 heteroatoms. The van der Waals surface area contributed by atoms with E-state index in [0.29, 0.717) is 0 Å². The molecule has 0 saturated heterocycles. The van der Waals surface area contributed by atoms with Crippen molar-refractivity contribution < 1.29 is 4.74 Å². The van der Waals surface area contributed by atoms with E-state index in [9.17, 15) is 0 Å². The fourth-order valence-corrected chi connectivity index (χ4v) is 2.80. The highest BCUT2D eigenvalue weighted by Crippen LogP contribution is 2.28. The van der Waals surface area contributed by atoms with Gasteiger partial charge >= 0.3 is 0 Å². The number of hydrogen-bond donors (Lipinski definition) is 1. The molecule has 0 aliphatic heterocycles. The van der Waals surface area contributed by atoms with Crippen LogP contribution in [-0.2, 0) is 6.54 Å². The Morgan fingerprint density at radius 3 is 2.83 bits per heavy atom. The minimum absolute atomic E-state index is 0.794. The van der Waals surface area contributed by atoms with Crippen LogP contribution in [0.3, 0.4) is 0 Å². The summed E-state index contributed by atoms with van der Waals surface area (Å²) in [5, 5.41) is 3.36. The van der Waals surface area contributed by atoms with Crippen LogP contribution in [0.4, 0.5) is 0 Å². The molecule has 1 aromatic carbocycles. The van der Waals surface area contributed by atoms with Gasteiger partial charge in [-0.15, -0.1) is 0 Å². The van der Waals surface area contributed by atoms with Crippen LogP contribution < -0.4 is 10.1 Å². The lowest BCUT2D eigenvalue weighted by Gasteiger charge is -2.15. The first kappa shape index (κ1) is 15.9. The Labute approximate surface area is 123 Å². The lowest BCUT2D eigenvalue weighted by atomic mass is 10.1. The van der Waals surface area contributed by atoms with Crippen LogP contribution in [0, 0.1) is 6.92 Å². The Morgan fingerprint density at radius 2 is 2.17 bits per heavy atom. The zero-order valence-corrected chi connectivity index (χ0v) is 13.8. The van der Waals surface area contributed by atoms with E-state index in [1.807, 2.05) is 11.8 Å². The van der Waals surface area contributed by atoms with Crippen LogP contribution in [0.15, 0.2) is 16.6 Å². The molecule has 102 valence electrons. The Kier molecular flexibility index (Phi) is 7.79. The first-order chi connectivity index (χ1) is 8.69. The van der Waals surface area contributed by atoms with Crippen molar-refractivity contribution in [3.05, 3.63) is 27.7 Å². The predicted molar refractivity (Wildman–Crippen MR) is 84.8 cm³/mol. The molecule has 2 nitrogen and oxygen atoms in total. The summed E-state index contributed by atoms with van der Waals surface area (Å²) in [6.45, 7) is 6.84. The van der Waals surface area contributed by atoms with Crippen molar-refractivity contribution in [2.45, 2.75) is 26.8 Å². The zero-order chi connectivity index (χ0) is 13.4. The summed E-state index contributed by atoms with van der Waals surface area (Å²) < 4.78 is 7.06. The summed E-state index contributed by atoms with van der Waals surface area (Å²) in [7, 11) is 0. The topological polar surface area (TPSA) is 21.3 Å². The molecule has 0 fully saturated rings. The predicted octanol–water partition coefficient (Wildman–Crippen LogP) is 4.00. The molecule has 0 saturated carbocycles. The van der Waals surface area contributed by atoms with Gasteiger partial charge < -0.3 is 10.1 Å². The minimum atomic E-state index is 0.794. The van der Waals surface area contributed by atoms with Gasteiger partial charge in [-0.3, -0.25) is 0 Å². The highest BCUT2D eigenvalue weighted by Gasteiger charge is 2.08. The van der Waals surface area contributed by atoms with Gasteiger partial charge in [-0.05, 0) is 49.6 Å². The van der Waals surface area contributed by atoms with Gasteiger partial charge in [0, 0.05) is 16.6 Å². The summed E-state index contributed by atoms with van der Waals surface area (Å²) in [6.07, 6.45) is 3.22.